The Hall–Kier alpha value is -2.66. The number of rotatable bonds is 6. The number of benzene rings is 2. The van der Waals surface area contributed by atoms with E-state index in [1.54, 1.807) is 0 Å². The fourth-order valence-corrected chi connectivity index (χ4v) is 4.85. The van der Waals surface area contributed by atoms with E-state index in [0.29, 0.717) is 45.5 Å². The van der Waals surface area contributed by atoms with Crippen molar-refractivity contribution in [1.82, 2.24) is 10.2 Å². The van der Waals surface area contributed by atoms with Gasteiger partial charge in [0, 0.05) is 26.2 Å². The fourth-order valence-electron chi connectivity index (χ4n) is 4.85. The highest BCUT2D eigenvalue weighted by Crippen LogP contribution is 2.37. The first kappa shape index (κ1) is 21.6. The van der Waals surface area contributed by atoms with Crippen molar-refractivity contribution >= 4 is 11.8 Å². The first-order chi connectivity index (χ1) is 15.1. The molecule has 0 aromatic heterocycles. The zero-order valence-electron chi connectivity index (χ0n) is 18.3. The molecule has 2 amide bonds. The minimum atomic E-state index is -0.487. The molecule has 5 heteroatoms. The first-order valence-corrected chi connectivity index (χ1v) is 11.4. The summed E-state index contributed by atoms with van der Waals surface area (Å²) in [6, 6.07) is 18.8. The number of piperidine rings is 1. The molecular weight excluding hydrogens is 388 g/mol. The summed E-state index contributed by atoms with van der Waals surface area (Å²) in [6.07, 6.45) is 3.49. The molecule has 0 saturated carbocycles. The summed E-state index contributed by atoms with van der Waals surface area (Å²) in [7, 11) is 0. The highest BCUT2D eigenvalue weighted by atomic mass is 16.5. The average Bonchev–Trinajstić information content (AvgIpc) is 3.35. The molecule has 2 aromatic rings. The lowest BCUT2D eigenvalue weighted by molar-refractivity contribution is -0.146. The predicted molar refractivity (Wildman–Crippen MR) is 121 cm³/mol. The van der Waals surface area contributed by atoms with Gasteiger partial charge in [0.15, 0.2) is 0 Å². The van der Waals surface area contributed by atoms with Crippen LogP contribution in [0.25, 0.3) is 11.1 Å². The lowest BCUT2D eigenvalue weighted by Crippen LogP contribution is -2.52. The summed E-state index contributed by atoms with van der Waals surface area (Å²) in [5.41, 5.74) is 3.01. The minimum Gasteiger partial charge on any atom is -0.368 e. The van der Waals surface area contributed by atoms with E-state index in [1.165, 1.54) is 5.56 Å². The lowest BCUT2D eigenvalue weighted by atomic mass is 9.72. The summed E-state index contributed by atoms with van der Waals surface area (Å²) < 4.78 is 5.59. The molecule has 0 bridgehead atoms. The summed E-state index contributed by atoms with van der Waals surface area (Å²) in [5.74, 6) is 0.192. The number of ether oxygens (including phenoxy) is 1. The van der Waals surface area contributed by atoms with Gasteiger partial charge in [0.2, 0.25) is 5.91 Å². The molecule has 1 N–H and O–H groups in total. The van der Waals surface area contributed by atoms with Crippen molar-refractivity contribution in [3.63, 3.8) is 0 Å². The molecule has 2 aliphatic heterocycles. The number of carbonyl (C=O) groups excluding carboxylic acids is 2. The van der Waals surface area contributed by atoms with E-state index in [4.69, 9.17) is 4.74 Å². The largest absolute Gasteiger partial charge is 0.368 e. The molecule has 2 heterocycles. The average molecular weight is 421 g/mol. The number of likely N-dealkylation sites (tertiary alicyclic amines) is 1. The molecule has 2 aliphatic rings. The van der Waals surface area contributed by atoms with Crippen molar-refractivity contribution in [3.8, 4) is 11.1 Å². The second-order valence-corrected chi connectivity index (χ2v) is 8.71. The number of amides is 2. The van der Waals surface area contributed by atoms with E-state index in [2.05, 4.69) is 41.7 Å². The van der Waals surface area contributed by atoms with Crippen LogP contribution in [0, 0.1) is 5.41 Å². The van der Waals surface area contributed by atoms with Crippen LogP contribution < -0.4 is 5.32 Å². The van der Waals surface area contributed by atoms with E-state index in [9.17, 15) is 9.59 Å². The van der Waals surface area contributed by atoms with Crippen LogP contribution in [-0.4, -0.2) is 49.1 Å². The minimum absolute atomic E-state index is 0.0908. The number of nitrogens with zero attached hydrogens (tertiary/aromatic N) is 1. The lowest BCUT2D eigenvalue weighted by Gasteiger charge is -2.41. The van der Waals surface area contributed by atoms with Gasteiger partial charge in [0.1, 0.15) is 6.10 Å². The van der Waals surface area contributed by atoms with Gasteiger partial charge in [-0.05, 0) is 55.7 Å². The van der Waals surface area contributed by atoms with Crippen LogP contribution in [-0.2, 0) is 20.7 Å². The number of nitrogens with one attached hydrogen (secondary N) is 1. The Kier molecular flexibility index (Phi) is 6.71. The van der Waals surface area contributed by atoms with Gasteiger partial charge in [-0.2, -0.15) is 0 Å². The van der Waals surface area contributed by atoms with E-state index in [0.717, 1.165) is 24.0 Å². The number of carbonyl (C=O) groups is 2. The first-order valence-electron chi connectivity index (χ1n) is 11.4. The Bertz CT molecular complexity index is 898. The molecule has 0 unspecified atom stereocenters. The monoisotopic (exact) mass is 420 g/mol. The smallest absolute Gasteiger partial charge is 0.251 e. The third kappa shape index (κ3) is 4.82. The van der Waals surface area contributed by atoms with E-state index in [-0.39, 0.29) is 17.9 Å². The molecule has 1 atom stereocenters. The molecule has 4 rings (SSSR count). The Morgan fingerprint density at radius 1 is 1.06 bits per heavy atom. The summed E-state index contributed by atoms with van der Waals surface area (Å²) in [4.78, 5) is 27.8. The Morgan fingerprint density at radius 2 is 1.81 bits per heavy atom. The summed E-state index contributed by atoms with van der Waals surface area (Å²) in [6.45, 7) is 4.45. The molecule has 31 heavy (non-hydrogen) atoms. The van der Waals surface area contributed by atoms with Gasteiger partial charge in [-0.3, -0.25) is 9.59 Å². The second-order valence-electron chi connectivity index (χ2n) is 8.71. The number of hydrogen-bond donors (Lipinski definition) is 1. The molecule has 0 spiro atoms. The van der Waals surface area contributed by atoms with Crippen LogP contribution in [0.3, 0.4) is 0 Å². The van der Waals surface area contributed by atoms with Crippen LogP contribution in [0.15, 0.2) is 54.6 Å². The quantitative estimate of drug-likeness (QED) is 0.773. The highest BCUT2D eigenvalue weighted by molar-refractivity contribution is 5.85. The van der Waals surface area contributed by atoms with Crippen molar-refractivity contribution in [2.75, 3.05) is 26.2 Å². The Labute approximate surface area is 184 Å². The SMILES string of the molecule is CCNC(=O)C1(Cc2cccc(-c3ccccc3)c2)CCN(C(=O)[C@H]2CCCO2)CC1. The van der Waals surface area contributed by atoms with Crippen LogP contribution >= 0.6 is 0 Å². The zero-order chi connectivity index (χ0) is 21.7. The van der Waals surface area contributed by atoms with Crippen LogP contribution in [0.5, 0.6) is 0 Å². The van der Waals surface area contributed by atoms with Crippen LogP contribution in [0.1, 0.15) is 38.2 Å². The van der Waals surface area contributed by atoms with E-state index >= 15 is 0 Å². The molecule has 164 valence electrons. The van der Waals surface area contributed by atoms with Gasteiger partial charge < -0.3 is 15.0 Å². The van der Waals surface area contributed by atoms with Gasteiger partial charge in [-0.15, -0.1) is 0 Å². The third-order valence-corrected chi connectivity index (χ3v) is 6.63. The topological polar surface area (TPSA) is 58.6 Å². The highest BCUT2D eigenvalue weighted by Gasteiger charge is 2.43. The maximum Gasteiger partial charge on any atom is 0.251 e. The van der Waals surface area contributed by atoms with Gasteiger partial charge >= 0.3 is 0 Å². The fraction of sp³-hybridized carbons (Fsp3) is 0.462. The van der Waals surface area contributed by atoms with Gasteiger partial charge in [0.25, 0.3) is 5.91 Å². The molecule has 2 fully saturated rings. The summed E-state index contributed by atoms with van der Waals surface area (Å²) >= 11 is 0. The standard InChI is InChI=1S/C26H32N2O3/c1-2-27-25(30)26(13-15-28(16-14-26)24(29)23-12-7-17-31-23)19-20-8-6-11-22(18-20)21-9-4-3-5-10-21/h3-6,8-11,18,23H,2,7,12-17,19H2,1H3,(H,27,30)/t23-/m1/s1. The molecular formula is C26H32N2O3. The zero-order valence-corrected chi connectivity index (χ0v) is 18.3. The van der Waals surface area contributed by atoms with Crippen molar-refractivity contribution in [3.05, 3.63) is 60.2 Å². The molecule has 5 nitrogen and oxygen atoms in total. The second kappa shape index (κ2) is 9.65. The van der Waals surface area contributed by atoms with Gasteiger partial charge in [0.05, 0.1) is 5.41 Å². The molecule has 0 aliphatic carbocycles. The number of hydrogen-bond acceptors (Lipinski definition) is 3. The Balaban J connectivity index is 1.51. The van der Waals surface area contributed by atoms with Crippen molar-refractivity contribution in [2.45, 2.75) is 45.1 Å². The van der Waals surface area contributed by atoms with Crippen molar-refractivity contribution in [1.29, 1.82) is 0 Å². The van der Waals surface area contributed by atoms with E-state index in [1.807, 2.05) is 30.0 Å². The maximum absolute atomic E-state index is 13.2. The maximum atomic E-state index is 13.2. The van der Waals surface area contributed by atoms with Gasteiger partial charge in [-0.1, -0.05) is 54.6 Å². The van der Waals surface area contributed by atoms with Crippen molar-refractivity contribution in [2.24, 2.45) is 5.41 Å². The Morgan fingerprint density at radius 3 is 2.48 bits per heavy atom. The normalized spacial score (nSPS) is 20.4. The molecule has 2 saturated heterocycles. The van der Waals surface area contributed by atoms with Gasteiger partial charge in [-0.25, -0.2) is 0 Å². The molecule has 0 radical (unpaired) electrons. The summed E-state index contributed by atoms with van der Waals surface area (Å²) in [5, 5.41) is 3.05. The molecule has 2 aromatic carbocycles. The van der Waals surface area contributed by atoms with Crippen LogP contribution in [0.2, 0.25) is 0 Å². The van der Waals surface area contributed by atoms with E-state index < -0.39 is 5.41 Å². The van der Waals surface area contributed by atoms with Crippen molar-refractivity contribution < 1.29 is 14.3 Å². The predicted octanol–water partition coefficient (Wildman–Crippen LogP) is 3.82. The van der Waals surface area contributed by atoms with Crippen LogP contribution in [0.4, 0.5) is 0 Å². The third-order valence-electron chi connectivity index (χ3n) is 6.63.